The van der Waals surface area contributed by atoms with Crippen molar-refractivity contribution in [2.45, 2.75) is 0 Å². The first kappa shape index (κ1) is 11.5. The molecule has 0 atom stereocenters. The molecule has 94 valence electrons. The van der Waals surface area contributed by atoms with Crippen molar-refractivity contribution >= 4 is 0 Å². The fourth-order valence-electron chi connectivity index (χ4n) is 1.87. The zero-order valence-electron chi connectivity index (χ0n) is 9.77. The molecule has 0 saturated heterocycles. The molecule has 2 heterocycles. The summed E-state index contributed by atoms with van der Waals surface area (Å²) in [5.41, 5.74) is 1.56. The van der Waals surface area contributed by atoms with Gasteiger partial charge in [-0.05, 0) is 30.3 Å². The van der Waals surface area contributed by atoms with Crippen LogP contribution in [0.15, 0.2) is 48.8 Å². The predicted molar refractivity (Wildman–Crippen MR) is 67.2 cm³/mol. The van der Waals surface area contributed by atoms with Crippen LogP contribution in [0.4, 0.5) is 8.78 Å². The Hall–Kier alpha value is -2.56. The van der Waals surface area contributed by atoms with Crippen molar-refractivity contribution in [1.29, 1.82) is 0 Å². The third kappa shape index (κ3) is 2.10. The van der Waals surface area contributed by atoms with Gasteiger partial charge in [-0.3, -0.25) is 10.1 Å². The number of nitrogens with zero attached hydrogens (tertiary/aromatic N) is 2. The molecule has 3 nitrogen and oxygen atoms in total. The number of halogens is 2. The van der Waals surface area contributed by atoms with Gasteiger partial charge >= 0.3 is 0 Å². The van der Waals surface area contributed by atoms with Crippen LogP contribution in [0.1, 0.15) is 0 Å². The molecule has 1 N–H and O–H groups in total. The van der Waals surface area contributed by atoms with Gasteiger partial charge in [-0.1, -0.05) is 6.07 Å². The smallest absolute Gasteiger partial charge is 0.135 e. The first-order valence-corrected chi connectivity index (χ1v) is 5.66. The molecular formula is C14H9F2N3. The summed E-state index contributed by atoms with van der Waals surface area (Å²) in [6, 6.07) is 8.94. The van der Waals surface area contributed by atoms with Crippen LogP contribution in [-0.4, -0.2) is 15.2 Å². The molecule has 2 aromatic heterocycles. The molecule has 0 saturated carbocycles. The summed E-state index contributed by atoms with van der Waals surface area (Å²) in [7, 11) is 0. The zero-order valence-corrected chi connectivity index (χ0v) is 9.77. The van der Waals surface area contributed by atoms with E-state index in [-0.39, 0.29) is 5.56 Å². The van der Waals surface area contributed by atoms with E-state index in [0.29, 0.717) is 11.4 Å². The topological polar surface area (TPSA) is 41.6 Å². The van der Waals surface area contributed by atoms with Crippen molar-refractivity contribution in [3.05, 3.63) is 60.4 Å². The van der Waals surface area contributed by atoms with E-state index in [0.717, 1.165) is 5.56 Å². The van der Waals surface area contributed by atoms with E-state index >= 15 is 0 Å². The van der Waals surface area contributed by atoms with Gasteiger partial charge in [0.25, 0.3) is 0 Å². The molecule has 0 radical (unpaired) electrons. The van der Waals surface area contributed by atoms with Gasteiger partial charge in [0.05, 0.1) is 17.0 Å². The average molecular weight is 257 g/mol. The molecule has 0 aliphatic heterocycles. The summed E-state index contributed by atoms with van der Waals surface area (Å²) in [4.78, 5) is 3.98. The highest BCUT2D eigenvalue weighted by Crippen LogP contribution is 2.27. The summed E-state index contributed by atoms with van der Waals surface area (Å²) in [6.07, 6.45) is 3.28. The second-order valence-electron chi connectivity index (χ2n) is 4.01. The Morgan fingerprint density at radius 1 is 1.00 bits per heavy atom. The fraction of sp³-hybridized carbons (Fsp3) is 0. The van der Waals surface area contributed by atoms with Gasteiger partial charge in [-0.2, -0.15) is 5.10 Å². The summed E-state index contributed by atoms with van der Waals surface area (Å²) < 4.78 is 27.3. The van der Waals surface area contributed by atoms with Gasteiger partial charge in [0, 0.05) is 18.0 Å². The van der Waals surface area contributed by atoms with Crippen LogP contribution in [0, 0.1) is 11.6 Å². The normalized spacial score (nSPS) is 10.6. The third-order valence-corrected chi connectivity index (χ3v) is 2.77. The number of hydrogen-bond donors (Lipinski definition) is 1. The molecule has 1 aromatic carbocycles. The molecule has 0 bridgehead atoms. The van der Waals surface area contributed by atoms with Crippen molar-refractivity contribution in [2.75, 3.05) is 0 Å². The lowest BCUT2D eigenvalue weighted by Gasteiger charge is -2.00. The number of benzene rings is 1. The van der Waals surface area contributed by atoms with Gasteiger partial charge in [-0.25, -0.2) is 8.78 Å². The van der Waals surface area contributed by atoms with Gasteiger partial charge in [0.2, 0.25) is 0 Å². The second-order valence-corrected chi connectivity index (χ2v) is 4.01. The Morgan fingerprint density at radius 3 is 2.47 bits per heavy atom. The van der Waals surface area contributed by atoms with Crippen LogP contribution in [0.3, 0.4) is 0 Å². The quantitative estimate of drug-likeness (QED) is 0.764. The SMILES string of the molecule is Fc1cccc(F)c1-c1cc(-c2cccnc2)n[nH]1. The van der Waals surface area contributed by atoms with Crippen LogP contribution in [-0.2, 0) is 0 Å². The Labute approximate surface area is 107 Å². The van der Waals surface area contributed by atoms with E-state index < -0.39 is 11.6 Å². The Bertz CT molecular complexity index is 687. The first-order valence-electron chi connectivity index (χ1n) is 5.66. The Balaban J connectivity index is 2.07. The standard InChI is InChI=1S/C14H9F2N3/c15-10-4-1-5-11(16)14(10)13-7-12(18-19-13)9-3-2-6-17-8-9/h1-8H,(H,18,19). The van der Waals surface area contributed by atoms with E-state index in [1.54, 1.807) is 24.5 Å². The lowest BCUT2D eigenvalue weighted by molar-refractivity contribution is 0.588. The van der Waals surface area contributed by atoms with Crippen molar-refractivity contribution in [2.24, 2.45) is 0 Å². The number of hydrogen-bond acceptors (Lipinski definition) is 2. The summed E-state index contributed by atoms with van der Waals surface area (Å²) >= 11 is 0. The lowest BCUT2D eigenvalue weighted by Crippen LogP contribution is -1.89. The number of aromatic nitrogens is 3. The number of aromatic amines is 1. The molecule has 0 spiro atoms. The number of nitrogens with one attached hydrogen (secondary N) is 1. The highest BCUT2D eigenvalue weighted by Gasteiger charge is 2.14. The molecule has 3 rings (SSSR count). The molecule has 0 aliphatic rings. The minimum Gasteiger partial charge on any atom is -0.277 e. The molecule has 0 aliphatic carbocycles. The maximum atomic E-state index is 13.6. The fourth-order valence-corrected chi connectivity index (χ4v) is 1.87. The average Bonchev–Trinajstić information content (AvgIpc) is 2.89. The van der Waals surface area contributed by atoms with Crippen molar-refractivity contribution in [3.8, 4) is 22.5 Å². The highest BCUT2D eigenvalue weighted by atomic mass is 19.1. The van der Waals surface area contributed by atoms with Gasteiger partial charge in [0.15, 0.2) is 0 Å². The van der Waals surface area contributed by atoms with Gasteiger partial charge in [0.1, 0.15) is 11.6 Å². The van der Waals surface area contributed by atoms with Crippen LogP contribution >= 0.6 is 0 Å². The second kappa shape index (κ2) is 4.61. The number of rotatable bonds is 2. The van der Waals surface area contributed by atoms with E-state index in [9.17, 15) is 8.78 Å². The van der Waals surface area contributed by atoms with Crippen LogP contribution in [0.2, 0.25) is 0 Å². The van der Waals surface area contributed by atoms with Crippen molar-refractivity contribution in [3.63, 3.8) is 0 Å². The van der Waals surface area contributed by atoms with E-state index in [1.807, 2.05) is 6.07 Å². The van der Waals surface area contributed by atoms with Crippen LogP contribution < -0.4 is 0 Å². The van der Waals surface area contributed by atoms with Gasteiger partial charge in [-0.15, -0.1) is 0 Å². The Morgan fingerprint density at radius 2 is 1.79 bits per heavy atom. The minimum atomic E-state index is -0.624. The van der Waals surface area contributed by atoms with E-state index in [4.69, 9.17) is 0 Å². The summed E-state index contributed by atoms with van der Waals surface area (Å²) in [6.45, 7) is 0. The molecule has 0 fully saturated rings. The lowest BCUT2D eigenvalue weighted by atomic mass is 10.1. The van der Waals surface area contributed by atoms with Crippen LogP contribution in [0.5, 0.6) is 0 Å². The maximum absolute atomic E-state index is 13.6. The highest BCUT2D eigenvalue weighted by molar-refractivity contribution is 5.68. The largest absolute Gasteiger partial charge is 0.277 e. The number of H-pyrrole nitrogens is 1. The molecule has 0 amide bonds. The molecule has 0 unspecified atom stereocenters. The van der Waals surface area contributed by atoms with Crippen LogP contribution in [0.25, 0.3) is 22.5 Å². The van der Waals surface area contributed by atoms with E-state index in [2.05, 4.69) is 15.2 Å². The molecule has 5 heteroatoms. The molecule has 3 aromatic rings. The Kier molecular flexibility index (Phi) is 2.79. The molecule has 19 heavy (non-hydrogen) atoms. The monoisotopic (exact) mass is 257 g/mol. The van der Waals surface area contributed by atoms with Gasteiger partial charge < -0.3 is 0 Å². The first-order chi connectivity index (χ1) is 9.25. The van der Waals surface area contributed by atoms with Crippen molar-refractivity contribution < 1.29 is 8.78 Å². The predicted octanol–water partition coefficient (Wildman–Crippen LogP) is 3.42. The summed E-state index contributed by atoms with van der Waals surface area (Å²) in [5.74, 6) is -1.25. The zero-order chi connectivity index (χ0) is 13.2. The molecular weight excluding hydrogens is 248 g/mol. The van der Waals surface area contributed by atoms with Crippen molar-refractivity contribution in [1.82, 2.24) is 15.2 Å². The van der Waals surface area contributed by atoms with E-state index in [1.165, 1.54) is 18.2 Å². The number of pyridine rings is 1. The minimum absolute atomic E-state index is 0.106. The third-order valence-electron chi connectivity index (χ3n) is 2.77. The summed E-state index contributed by atoms with van der Waals surface area (Å²) in [5, 5.41) is 6.69. The maximum Gasteiger partial charge on any atom is 0.135 e.